The number of nitrogens with one attached hydrogen (secondary N) is 2. The zero-order chi connectivity index (χ0) is 31.8. The van der Waals surface area contributed by atoms with Crippen LogP contribution in [0.4, 0.5) is 5.82 Å². The van der Waals surface area contributed by atoms with Crippen LogP contribution in [0, 0.1) is 5.41 Å². The number of aromatic nitrogens is 4. The standard InChI is InChI=1S/C21H26N10O12P2/c1-7-13-14(12(32)20(40-13)30-5-26-10-15(22)24-4-25-16(10)30)43-44(34,35)38-3-8-2-9(42-45(36,37)41-7)19(39-8)31-6-27-11-17(31)28-21(23)29-18(11)33/h4-9,11-14,19-20,32H,2-3H2,1H3,(H,34,35)(H,36,37)(H2,22,24,25)(H2,23,29,33)/t7-,8+,9-,11?,12-,13-,14+,19-,20-/m1/s1. The van der Waals surface area contributed by atoms with E-state index in [-0.39, 0.29) is 29.2 Å². The fourth-order valence-electron chi connectivity index (χ4n) is 5.69. The van der Waals surface area contributed by atoms with Crippen LogP contribution in [0.15, 0.2) is 22.6 Å². The number of anilines is 1. The second-order valence-corrected chi connectivity index (χ2v) is 13.4. The third-order valence-electron chi connectivity index (χ3n) is 7.60. The van der Waals surface area contributed by atoms with Gasteiger partial charge in [0.1, 0.15) is 36.3 Å². The van der Waals surface area contributed by atoms with Crippen LogP contribution in [0.1, 0.15) is 19.6 Å². The van der Waals surface area contributed by atoms with Gasteiger partial charge in [-0.2, -0.15) is 4.99 Å². The normalized spacial score (nSPS) is 42.0. The van der Waals surface area contributed by atoms with Gasteiger partial charge in [-0.1, -0.05) is 0 Å². The summed E-state index contributed by atoms with van der Waals surface area (Å²) < 4.78 is 61.2. The number of hydrogen-bond donors (Lipinski definition) is 6. The van der Waals surface area contributed by atoms with Gasteiger partial charge in [0.2, 0.25) is 5.96 Å². The van der Waals surface area contributed by atoms with Gasteiger partial charge < -0.3 is 30.1 Å². The number of aliphatic hydroxyl groups is 1. The molecular weight excluding hydrogens is 646 g/mol. The molecular formula is C21H26N10O12P2. The molecule has 45 heavy (non-hydrogen) atoms. The summed E-state index contributed by atoms with van der Waals surface area (Å²) in [5.74, 6) is -1.01. The van der Waals surface area contributed by atoms with E-state index in [0.717, 1.165) is 0 Å². The Morgan fingerprint density at radius 3 is 2.69 bits per heavy atom. The first kappa shape index (κ1) is 30.4. The number of aliphatic hydroxyl groups excluding tert-OH is 1. The van der Waals surface area contributed by atoms with E-state index in [9.17, 15) is 28.8 Å². The number of phosphoric ester groups is 2. The Morgan fingerprint density at radius 1 is 1.09 bits per heavy atom. The fraction of sp³-hybridized carbons (Fsp3) is 0.571. The third kappa shape index (κ3) is 5.47. The number of fused-ring (bicyclic) bond motifs is 5. The molecule has 7 heterocycles. The van der Waals surface area contributed by atoms with Crippen LogP contribution in [0.25, 0.3) is 11.2 Å². The smallest absolute Gasteiger partial charge is 0.386 e. The van der Waals surface area contributed by atoms with E-state index in [1.807, 2.05) is 0 Å². The summed E-state index contributed by atoms with van der Waals surface area (Å²) in [7, 11) is -9.94. The van der Waals surface area contributed by atoms with Gasteiger partial charge in [0.15, 0.2) is 35.8 Å². The summed E-state index contributed by atoms with van der Waals surface area (Å²) in [6.45, 7) is 0.745. The Morgan fingerprint density at radius 2 is 1.89 bits per heavy atom. The Bertz CT molecular complexity index is 1720. The van der Waals surface area contributed by atoms with Crippen molar-refractivity contribution in [2.45, 2.75) is 68.5 Å². The molecule has 7 N–H and O–H groups in total. The van der Waals surface area contributed by atoms with Crippen molar-refractivity contribution in [2.75, 3.05) is 12.3 Å². The van der Waals surface area contributed by atoms with E-state index >= 15 is 0 Å². The van der Waals surface area contributed by atoms with E-state index in [2.05, 4.69) is 30.3 Å². The summed E-state index contributed by atoms with van der Waals surface area (Å²) in [6.07, 6.45) is -7.50. The molecule has 2 bridgehead atoms. The number of imidazole rings is 1. The topological polar surface area (TPSA) is 301 Å². The molecule has 2 aromatic heterocycles. The largest absolute Gasteiger partial charge is 0.472 e. The van der Waals surface area contributed by atoms with Crippen molar-refractivity contribution in [3.8, 4) is 0 Å². The van der Waals surface area contributed by atoms with Crippen LogP contribution >= 0.6 is 15.6 Å². The number of rotatable bonds is 2. The second kappa shape index (κ2) is 10.9. The third-order valence-corrected chi connectivity index (χ3v) is 9.73. The molecule has 3 unspecified atom stereocenters. The Kier molecular flexibility index (Phi) is 7.37. The summed E-state index contributed by atoms with van der Waals surface area (Å²) in [6, 6.07) is -1.10. The molecule has 0 aromatic carbocycles. The number of guanidine groups is 1. The van der Waals surface area contributed by atoms with Crippen LogP contribution in [-0.2, 0) is 41.5 Å². The number of nitrogens with zero attached hydrogens (tertiary/aromatic N) is 7. The molecule has 1 amide bonds. The van der Waals surface area contributed by atoms with E-state index in [1.165, 1.54) is 35.4 Å². The van der Waals surface area contributed by atoms with E-state index in [1.54, 1.807) is 0 Å². The maximum Gasteiger partial charge on any atom is 0.472 e. The van der Waals surface area contributed by atoms with Gasteiger partial charge in [0.25, 0.3) is 5.91 Å². The Balaban J connectivity index is 1.18. The minimum Gasteiger partial charge on any atom is -0.386 e. The number of carbonyl (C=O) groups is 1. The number of aliphatic imine (C=N–C) groups is 2. The van der Waals surface area contributed by atoms with Gasteiger partial charge in [0, 0.05) is 6.42 Å². The summed E-state index contributed by atoms with van der Waals surface area (Å²) in [4.78, 5) is 55.2. The number of amidine groups is 1. The second-order valence-electron chi connectivity index (χ2n) is 10.6. The van der Waals surface area contributed by atoms with Crippen LogP contribution < -0.4 is 11.1 Å². The lowest BCUT2D eigenvalue weighted by atomic mass is 10.1. The number of hydrogen-bond acceptors (Lipinski definition) is 17. The number of amides is 1. The number of carbonyl (C=O) groups excluding carboxylic acids is 1. The van der Waals surface area contributed by atoms with Crippen molar-refractivity contribution in [1.82, 2.24) is 29.7 Å². The summed E-state index contributed by atoms with van der Waals surface area (Å²) in [5.41, 5.74) is 6.22. The SMILES string of the molecule is C[C@H]1OP(=O)(O)O[C@@H]2C[C@@H](COP(=O)(O)O[C@H]3[C@@H](O)[C@H](n4cnc5c(N)ncnc54)O[C@@H]31)O[C@H]2N1C=NC2C(=O)NC(=N)N=C21. The quantitative estimate of drug-likeness (QED) is 0.195. The van der Waals surface area contributed by atoms with Crippen molar-refractivity contribution in [1.29, 1.82) is 5.41 Å². The van der Waals surface area contributed by atoms with Gasteiger partial charge >= 0.3 is 15.6 Å². The molecule has 11 atom stereocenters. The van der Waals surface area contributed by atoms with Crippen LogP contribution in [-0.4, -0.2) is 119 Å². The maximum absolute atomic E-state index is 13.4. The van der Waals surface area contributed by atoms with Crippen molar-refractivity contribution in [3.05, 3.63) is 12.7 Å². The maximum atomic E-state index is 13.4. The highest BCUT2D eigenvalue weighted by atomic mass is 31.2. The lowest BCUT2D eigenvalue weighted by Crippen LogP contribution is -2.52. The summed E-state index contributed by atoms with van der Waals surface area (Å²) in [5, 5.41) is 21.2. The number of ether oxygens (including phenoxy) is 2. The monoisotopic (exact) mass is 672 g/mol. The van der Waals surface area contributed by atoms with Crippen molar-refractivity contribution >= 4 is 56.7 Å². The lowest BCUT2D eigenvalue weighted by Gasteiger charge is -2.32. The zero-order valence-corrected chi connectivity index (χ0v) is 24.7. The van der Waals surface area contributed by atoms with E-state index < -0.39 is 89.2 Å². The Labute approximate surface area is 251 Å². The molecule has 5 aliphatic heterocycles. The average Bonchev–Trinajstić information content (AvgIpc) is 3.72. The van der Waals surface area contributed by atoms with Crippen molar-refractivity contribution in [3.63, 3.8) is 0 Å². The molecule has 3 saturated heterocycles. The molecule has 24 heteroatoms. The molecule has 242 valence electrons. The van der Waals surface area contributed by atoms with E-state index in [4.69, 9.17) is 38.7 Å². The molecule has 7 rings (SSSR count). The lowest BCUT2D eigenvalue weighted by molar-refractivity contribution is -0.119. The van der Waals surface area contributed by atoms with Gasteiger partial charge in [-0.05, 0) is 6.92 Å². The van der Waals surface area contributed by atoms with Crippen molar-refractivity contribution < 1.29 is 56.4 Å². The average molecular weight is 672 g/mol. The zero-order valence-electron chi connectivity index (χ0n) is 23.0. The number of nitrogen functional groups attached to an aromatic ring is 1. The highest BCUT2D eigenvalue weighted by Gasteiger charge is 2.55. The first-order valence-electron chi connectivity index (χ1n) is 13.4. The molecule has 2 aromatic rings. The van der Waals surface area contributed by atoms with Crippen molar-refractivity contribution in [2.24, 2.45) is 9.98 Å². The van der Waals surface area contributed by atoms with Crippen LogP contribution in [0.5, 0.6) is 0 Å². The molecule has 22 nitrogen and oxygen atoms in total. The predicted octanol–water partition coefficient (Wildman–Crippen LogP) is -1.64. The van der Waals surface area contributed by atoms with Gasteiger partial charge in [-0.25, -0.2) is 24.1 Å². The molecule has 0 saturated carbocycles. The fourth-order valence-corrected chi connectivity index (χ4v) is 7.78. The van der Waals surface area contributed by atoms with Crippen LogP contribution in [0.3, 0.4) is 0 Å². The predicted molar refractivity (Wildman–Crippen MR) is 146 cm³/mol. The molecule has 0 spiro atoms. The highest BCUT2D eigenvalue weighted by molar-refractivity contribution is 7.47. The van der Waals surface area contributed by atoms with Gasteiger partial charge in [-0.15, -0.1) is 0 Å². The van der Waals surface area contributed by atoms with Gasteiger partial charge in [0.05, 0.1) is 31.5 Å². The first-order valence-corrected chi connectivity index (χ1v) is 16.4. The molecule has 5 aliphatic rings. The van der Waals surface area contributed by atoms with Gasteiger partial charge in [-0.3, -0.25) is 48.1 Å². The minimum atomic E-state index is -4.98. The van der Waals surface area contributed by atoms with Crippen LogP contribution in [0.2, 0.25) is 0 Å². The number of nitrogens with two attached hydrogens (primary N) is 1. The van der Waals surface area contributed by atoms with E-state index in [0.29, 0.717) is 0 Å². The Hall–Kier alpha value is -3.27. The first-order chi connectivity index (χ1) is 21.3. The molecule has 0 aliphatic carbocycles. The number of phosphoric acid groups is 2. The highest BCUT2D eigenvalue weighted by Crippen LogP contribution is 2.54. The molecule has 0 radical (unpaired) electrons. The molecule has 3 fully saturated rings. The minimum absolute atomic E-state index is 0.00420. The summed E-state index contributed by atoms with van der Waals surface area (Å²) >= 11 is 0.